The average Bonchev–Trinajstić information content (AvgIpc) is 3.11. The molecule has 2 fully saturated rings. The number of piperidine rings is 1. The summed E-state index contributed by atoms with van der Waals surface area (Å²) in [5, 5.41) is 8.58. The molecule has 2 aliphatic heterocycles. The Morgan fingerprint density at radius 2 is 2.17 bits per heavy atom. The molecule has 2 atom stereocenters. The zero-order valence-electron chi connectivity index (χ0n) is 13.7. The van der Waals surface area contributed by atoms with Crippen LogP contribution in [0.3, 0.4) is 0 Å². The average molecular weight is 396 g/mol. The largest absolute Gasteiger partial charge is 0.379 e. The van der Waals surface area contributed by atoms with Crippen molar-refractivity contribution in [3.63, 3.8) is 0 Å². The van der Waals surface area contributed by atoms with E-state index >= 15 is 0 Å². The monoisotopic (exact) mass is 395 g/mol. The molecule has 1 aromatic rings. The summed E-state index contributed by atoms with van der Waals surface area (Å²) in [4.78, 5) is 16.1. The van der Waals surface area contributed by atoms with Crippen LogP contribution in [-0.4, -0.2) is 56.2 Å². The third-order valence-electron chi connectivity index (χ3n) is 4.45. The molecule has 2 saturated heterocycles. The molecule has 1 amide bonds. The summed E-state index contributed by atoms with van der Waals surface area (Å²) in [7, 11) is 0. The van der Waals surface area contributed by atoms with Gasteiger partial charge in [0.05, 0.1) is 25.3 Å². The van der Waals surface area contributed by atoms with Crippen molar-refractivity contribution in [1.29, 1.82) is 0 Å². The number of nitrogens with zero attached hydrogens (tertiary/aromatic N) is 1. The highest BCUT2D eigenvalue weighted by atomic mass is 35.5. The van der Waals surface area contributed by atoms with E-state index in [1.807, 2.05) is 0 Å². The molecule has 2 N–H and O–H groups in total. The molecule has 8 heteroatoms. The zero-order chi connectivity index (χ0) is 15.2. The zero-order valence-corrected chi connectivity index (χ0v) is 16.2. The highest BCUT2D eigenvalue weighted by Gasteiger charge is 2.26. The van der Waals surface area contributed by atoms with E-state index in [1.54, 1.807) is 11.3 Å². The normalized spacial score (nSPS) is 22.8. The third kappa shape index (κ3) is 5.86. The van der Waals surface area contributed by atoms with Crippen LogP contribution in [0.5, 0.6) is 0 Å². The van der Waals surface area contributed by atoms with Gasteiger partial charge in [0.1, 0.15) is 0 Å². The number of amides is 1. The molecule has 3 rings (SSSR count). The number of nitrogens with one attached hydrogen (secondary N) is 2. The Morgan fingerprint density at radius 3 is 2.79 bits per heavy atom. The standard InChI is InChI=1S/C16H25N3O2S.2ClH/c20-16(13-4-1-2-6-17-13)18-12-14(15-5-3-11-22-15)19-7-9-21-10-8-19;;/h3,5,11,13-14,17H,1-2,4,6-10,12H2,(H,18,20);2*1H/t13-,14?;;/m0../s1. The van der Waals surface area contributed by atoms with Crippen LogP contribution in [0.15, 0.2) is 17.5 Å². The van der Waals surface area contributed by atoms with Gasteiger partial charge in [-0.1, -0.05) is 12.5 Å². The lowest BCUT2D eigenvalue weighted by Crippen LogP contribution is -2.49. The van der Waals surface area contributed by atoms with E-state index in [9.17, 15) is 4.79 Å². The molecule has 0 saturated carbocycles. The minimum absolute atomic E-state index is 0. The van der Waals surface area contributed by atoms with E-state index in [0.29, 0.717) is 6.54 Å². The van der Waals surface area contributed by atoms with Gasteiger partial charge in [0.15, 0.2) is 0 Å². The van der Waals surface area contributed by atoms with Crippen molar-refractivity contribution in [3.05, 3.63) is 22.4 Å². The molecule has 1 unspecified atom stereocenters. The Bertz CT molecular complexity index is 464. The maximum absolute atomic E-state index is 12.3. The van der Waals surface area contributed by atoms with Crippen molar-refractivity contribution >= 4 is 42.1 Å². The lowest BCUT2D eigenvalue weighted by atomic mass is 10.0. The van der Waals surface area contributed by atoms with Gasteiger partial charge in [0.25, 0.3) is 0 Å². The van der Waals surface area contributed by atoms with Gasteiger partial charge >= 0.3 is 0 Å². The highest BCUT2D eigenvalue weighted by molar-refractivity contribution is 7.10. The number of ether oxygens (including phenoxy) is 1. The maximum atomic E-state index is 12.3. The quantitative estimate of drug-likeness (QED) is 0.802. The number of hydrogen-bond acceptors (Lipinski definition) is 5. The second-order valence-electron chi connectivity index (χ2n) is 5.93. The Morgan fingerprint density at radius 1 is 1.38 bits per heavy atom. The number of carbonyl (C=O) groups excluding carboxylic acids is 1. The lowest BCUT2D eigenvalue weighted by Gasteiger charge is -2.34. The first-order valence-corrected chi connectivity index (χ1v) is 9.09. The van der Waals surface area contributed by atoms with Gasteiger partial charge < -0.3 is 15.4 Å². The molecule has 0 aliphatic carbocycles. The molecular weight excluding hydrogens is 369 g/mol. The van der Waals surface area contributed by atoms with Crippen LogP contribution in [0.4, 0.5) is 0 Å². The van der Waals surface area contributed by atoms with Crippen LogP contribution >= 0.6 is 36.2 Å². The number of carbonyl (C=O) groups is 1. The SMILES string of the molecule is Cl.Cl.O=C(NCC(c1cccs1)N1CCOCC1)[C@@H]1CCCCN1. The van der Waals surface area contributed by atoms with E-state index in [1.165, 1.54) is 11.3 Å². The summed E-state index contributed by atoms with van der Waals surface area (Å²) in [5.41, 5.74) is 0. The fourth-order valence-corrected chi connectivity index (χ4v) is 4.04. The topological polar surface area (TPSA) is 53.6 Å². The van der Waals surface area contributed by atoms with Crippen LogP contribution in [0.2, 0.25) is 0 Å². The molecule has 24 heavy (non-hydrogen) atoms. The molecular formula is C16H27Cl2N3O2S. The van der Waals surface area contributed by atoms with Crippen molar-refractivity contribution in [2.24, 2.45) is 0 Å². The summed E-state index contributed by atoms with van der Waals surface area (Å²) >= 11 is 1.76. The number of morpholine rings is 1. The van der Waals surface area contributed by atoms with Crippen LogP contribution in [-0.2, 0) is 9.53 Å². The van der Waals surface area contributed by atoms with E-state index in [-0.39, 0.29) is 42.8 Å². The Balaban J connectivity index is 0.00000144. The second kappa shape index (κ2) is 11.3. The third-order valence-corrected chi connectivity index (χ3v) is 5.43. The fraction of sp³-hybridized carbons (Fsp3) is 0.688. The van der Waals surface area contributed by atoms with Crippen molar-refractivity contribution < 1.29 is 9.53 Å². The van der Waals surface area contributed by atoms with Gasteiger partial charge in [0, 0.05) is 24.5 Å². The van der Waals surface area contributed by atoms with E-state index in [4.69, 9.17) is 4.74 Å². The molecule has 5 nitrogen and oxygen atoms in total. The van der Waals surface area contributed by atoms with Crippen LogP contribution < -0.4 is 10.6 Å². The first-order chi connectivity index (χ1) is 10.8. The van der Waals surface area contributed by atoms with Gasteiger partial charge in [-0.05, 0) is 30.8 Å². The molecule has 3 heterocycles. The summed E-state index contributed by atoms with van der Waals surface area (Å²) in [6.07, 6.45) is 3.27. The molecule has 138 valence electrons. The van der Waals surface area contributed by atoms with Gasteiger partial charge in [-0.15, -0.1) is 36.2 Å². The van der Waals surface area contributed by atoms with Gasteiger partial charge in [-0.3, -0.25) is 9.69 Å². The van der Waals surface area contributed by atoms with E-state index in [0.717, 1.165) is 45.7 Å². The summed E-state index contributed by atoms with van der Waals surface area (Å²) < 4.78 is 5.45. The molecule has 0 spiro atoms. The number of thiophene rings is 1. The van der Waals surface area contributed by atoms with Crippen molar-refractivity contribution in [2.75, 3.05) is 39.4 Å². The van der Waals surface area contributed by atoms with Gasteiger partial charge in [-0.25, -0.2) is 0 Å². The minimum Gasteiger partial charge on any atom is -0.379 e. The first-order valence-electron chi connectivity index (χ1n) is 8.21. The minimum atomic E-state index is -0.0116. The number of rotatable bonds is 5. The van der Waals surface area contributed by atoms with Crippen LogP contribution in [0, 0.1) is 0 Å². The smallest absolute Gasteiger partial charge is 0.237 e. The fourth-order valence-electron chi connectivity index (χ4n) is 3.18. The Labute approximate surface area is 160 Å². The summed E-state index contributed by atoms with van der Waals surface area (Å²) in [6, 6.07) is 4.49. The highest BCUT2D eigenvalue weighted by Crippen LogP contribution is 2.25. The number of halogens is 2. The predicted octanol–water partition coefficient (Wildman–Crippen LogP) is 2.22. The molecule has 0 bridgehead atoms. The van der Waals surface area contributed by atoms with Crippen molar-refractivity contribution in [3.8, 4) is 0 Å². The van der Waals surface area contributed by atoms with Crippen molar-refractivity contribution in [1.82, 2.24) is 15.5 Å². The molecule has 1 aromatic heterocycles. The maximum Gasteiger partial charge on any atom is 0.237 e. The van der Waals surface area contributed by atoms with Crippen molar-refractivity contribution in [2.45, 2.75) is 31.3 Å². The van der Waals surface area contributed by atoms with E-state index < -0.39 is 0 Å². The Hall–Kier alpha value is -0.370. The van der Waals surface area contributed by atoms with Gasteiger partial charge in [-0.2, -0.15) is 0 Å². The second-order valence-corrected chi connectivity index (χ2v) is 6.91. The summed E-state index contributed by atoms with van der Waals surface area (Å²) in [6.45, 7) is 5.05. The Kier molecular flexibility index (Phi) is 10.2. The summed E-state index contributed by atoms with van der Waals surface area (Å²) in [5.74, 6) is 0.148. The van der Waals surface area contributed by atoms with E-state index in [2.05, 4.69) is 33.0 Å². The number of hydrogen-bond donors (Lipinski definition) is 2. The van der Waals surface area contributed by atoms with Crippen LogP contribution in [0.25, 0.3) is 0 Å². The molecule has 0 aromatic carbocycles. The molecule has 0 radical (unpaired) electrons. The van der Waals surface area contributed by atoms with Crippen LogP contribution in [0.1, 0.15) is 30.2 Å². The molecule has 2 aliphatic rings. The lowest BCUT2D eigenvalue weighted by molar-refractivity contribution is -0.124. The predicted molar refractivity (Wildman–Crippen MR) is 103 cm³/mol. The first kappa shape index (κ1) is 21.7. The van der Waals surface area contributed by atoms with Gasteiger partial charge in [0.2, 0.25) is 5.91 Å².